The number of benzene rings is 1. The number of rotatable bonds is 7. The minimum atomic E-state index is -4.19. The molecule has 0 spiro atoms. The summed E-state index contributed by atoms with van der Waals surface area (Å²) in [5.41, 5.74) is -0.0232. The fraction of sp³-hybridized carbons (Fsp3) is 0.250. The number of fused-ring (bicyclic) bond motifs is 1. The van der Waals surface area contributed by atoms with Crippen molar-refractivity contribution >= 4 is 26.9 Å². The SMILES string of the molecule is COc1nc(NS(=O)(=O)c2c[nH]c3cc(C(F)F)ccc23)ncc1CC(F)F. The summed E-state index contributed by atoms with van der Waals surface area (Å²) in [5, 5.41) is 0.193. The first-order valence-corrected chi connectivity index (χ1v) is 9.29. The van der Waals surface area contributed by atoms with Gasteiger partial charge in [0.25, 0.3) is 16.4 Å². The molecule has 1 aromatic carbocycles. The molecule has 2 N–H and O–H groups in total. The normalized spacial score (nSPS) is 12.1. The van der Waals surface area contributed by atoms with E-state index in [0.717, 1.165) is 24.5 Å². The first kappa shape index (κ1) is 19.9. The fourth-order valence-electron chi connectivity index (χ4n) is 2.57. The number of hydrogen-bond acceptors (Lipinski definition) is 5. The minimum absolute atomic E-state index is 0.0204. The molecule has 3 rings (SSSR count). The lowest BCUT2D eigenvalue weighted by Gasteiger charge is -2.10. The van der Waals surface area contributed by atoms with Gasteiger partial charge in [-0.05, 0) is 6.07 Å². The largest absolute Gasteiger partial charge is 0.481 e. The second-order valence-electron chi connectivity index (χ2n) is 5.69. The fourth-order valence-corrected chi connectivity index (χ4v) is 3.70. The van der Waals surface area contributed by atoms with Gasteiger partial charge in [-0.1, -0.05) is 12.1 Å². The third kappa shape index (κ3) is 4.01. The van der Waals surface area contributed by atoms with Gasteiger partial charge in [-0.2, -0.15) is 4.98 Å². The van der Waals surface area contributed by atoms with E-state index in [-0.39, 0.29) is 38.8 Å². The van der Waals surface area contributed by atoms with Crippen LogP contribution in [0.25, 0.3) is 10.9 Å². The van der Waals surface area contributed by atoms with Crippen LogP contribution in [0.3, 0.4) is 0 Å². The standard InChI is InChI=1S/C16H14F4N4O3S/c1-27-15-9(5-13(17)18)6-22-16(23-15)24-28(25,26)12-7-21-11-4-8(14(19)20)2-3-10(11)12/h2-4,6-7,13-14,21H,5H2,1H3,(H,22,23,24). The zero-order valence-corrected chi connectivity index (χ0v) is 15.1. The van der Waals surface area contributed by atoms with E-state index in [0.29, 0.717) is 0 Å². The topological polar surface area (TPSA) is 97.0 Å². The molecule has 12 heteroatoms. The summed E-state index contributed by atoms with van der Waals surface area (Å²) < 4.78 is 83.0. The Balaban J connectivity index is 1.93. The van der Waals surface area contributed by atoms with E-state index < -0.39 is 29.3 Å². The van der Waals surface area contributed by atoms with E-state index in [2.05, 4.69) is 19.7 Å². The second kappa shape index (κ2) is 7.62. The summed E-state index contributed by atoms with van der Waals surface area (Å²) in [6.07, 6.45) is -3.81. The number of halogens is 4. The number of nitrogens with zero attached hydrogens (tertiary/aromatic N) is 2. The third-order valence-corrected chi connectivity index (χ3v) is 5.20. The summed E-state index contributed by atoms with van der Waals surface area (Å²) in [5.74, 6) is -0.568. The maximum atomic E-state index is 12.8. The lowest BCUT2D eigenvalue weighted by molar-refractivity contribution is 0.147. The van der Waals surface area contributed by atoms with Crippen LogP contribution in [0.1, 0.15) is 17.6 Å². The van der Waals surface area contributed by atoms with Crippen LogP contribution in [0.5, 0.6) is 5.88 Å². The van der Waals surface area contributed by atoms with Gasteiger partial charge in [0.15, 0.2) is 0 Å². The molecule has 0 unspecified atom stereocenters. The summed E-state index contributed by atoms with van der Waals surface area (Å²) in [7, 11) is -2.98. The molecule has 0 bridgehead atoms. The molecule has 0 atom stereocenters. The highest BCUT2D eigenvalue weighted by atomic mass is 32.2. The Morgan fingerprint density at radius 3 is 2.64 bits per heavy atom. The van der Waals surface area contributed by atoms with E-state index in [9.17, 15) is 26.0 Å². The van der Waals surface area contributed by atoms with E-state index in [1.807, 2.05) is 0 Å². The number of alkyl halides is 4. The van der Waals surface area contributed by atoms with Gasteiger partial charge in [0.2, 0.25) is 18.3 Å². The van der Waals surface area contributed by atoms with Crippen molar-refractivity contribution in [3.05, 3.63) is 41.7 Å². The molecule has 0 amide bonds. The van der Waals surface area contributed by atoms with Crippen molar-refractivity contribution in [3.8, 4) is 5.88 Å². The Hall–Kier alpha value is -2.89. The molecule has 0 saturated heterocycles. The quantitative estimate of drug-likeness (QED) is 0.573. The first-order chi connectivity index (χ1) is 13.2. The predicted molar refractivity (Wildman–Crippen MR) is 92.4 cm³/mol. The van der Waals surface area contributed by atoms with Crippen molar-refractivity contribution in [1.29, 1.82) is 0 Å². The van der Waals surface area contributed by atoms with Crippen LogP contribution in [0.2, 0.25) is 0 Å². The zero-order chi connectivity index (χ0) is 20.5. The van der Waals surface area contributed by atoms with Crippen molar-refractivity contribution in [2.45, 2.75) is 24.2 Å². The summed E-state index contributed by atoms with van der Waals surface area (Å²) in [4.78, 5) is 9.94. The minimum Gasteiger partial charge on any atom is -0.481 e. The molecule has 150 valence electrons. The Bertz CT molecular complexity index is 1100. The van der Waals surface area contributed by atoms with Crippen LogP contribution in [0.15, 0.2) is 35.5 Å². The number of sulfonamides is 1. The molecule has 2 aromatic heterocycles. The number of hydrogen-bond donors (Lipinski definition) is 2. The van der Waals surface area contributed by atoms with E-state index >= 15 is 0 Å². The van der Waals surface area contributed by atoms with E-state index in [1.54, 1.807) is 0 Å². The van der Waals surface area contributed by atoms with Crippen molar-refractivity contribution in [2.75, 3.05) is 11.8 Å². The molecule has 7 nitrogen and oxygen atoms in total. The van der Waals surface area contributed by atoms with Crippen molar-refractivity contribution in [2.24, 2.45) is 0 Å². The van der Waals surface area contributed by atoms with E-state index in [1.165, 1.54) is 13.2 Å². The van der Waals surface area contributed by atoms with Gasteiger partial charge in [-0.3, -0.25) is 0 Å². The first-order valence-electron chi connectivity index (χ1n) is 7.81. The Morgan fingerprint density at radius 2 is 2.00 bits per heavy atom. The lowest BCUT2D eigenvalue weighted by Crippen LogP contribution is -2.15. The lowest BCUT2D eigenvalue weighted by atomic mass is 10.2. The maximum absolute atomic E-state index is 12.8. The molecular weight excluding hydrogens is 404 g/mol. The molecule has 3 aromatic rings. The average molecular weight is 418 g/mol. The number of H-pyrrole nitrogens is 1. The molecule has 28 heavy (non-hydrogen) atoms. The molecule has 0 fully saturated rings. The number of anilines is 1. The van der Waals surface area contributed by atoms with Crippen LogP contribution in [-0.4, -0.2) is 36.9 Å². The van der Waals surface area contributed by atoms with Crippen LogP contribution in [0.4, 0.5) is 23.5 Å². The highest BCUT2D eigenvalue weighted by Gasteiger charge is 2.22. The van der Waals surface area contributed by atoms with Gasteiger partial charge in [-0.15, -0.1) is 0 Å². The zero-order valence-electron chi connectivity index (χ0n) is 14.3. The molecule has 0 aliphatic heterocycles. The van der Waals surface area contributed by atoms with Crippen molar-refractivity contribution in [3.63, 3.8) is 0 Å². The number of ether oxygens (including phenoxy) is 1. The monoisotopic (exact) mass is 418 g/mol. The predicted octanol–water partition coefficient (Wildman–Crippen LogP) is 3.51. The molecule has 0 radical (unpaired) electrons. The van der Waals surface area contributed by atoms with Gasteiger partial charge >= 0.3 is 0 Å². The average Bonchev–Trinajstić information content (AvgIpc) is 3.06. The molecule has 2 heterocycles. The Labute approximate surface area is 156 Å². The van der Waals surface area contributed by atoms with Crippen molar-refractivity contribution in [1.82, 2.24) is 15.0 Å². The number of aromatic nitrogens is 3. The number of aromatic amines is 1. The molecular formula is C16H14F4N4O3S. The van der Waals surface area contributed by atoms with Gasteiger partial charge in [-0.25, -0.2) is 35.7 Å². The van der Waals surface area contributed by atoms with Crippen LogP contribution < -0.4 is 9.46 Å². The third-order valence-electron chi connectivity index (χ3n) is 3.83. The van der Waals surface area contributed by atoms with Crippen LogP contribution in [-0.2, 0) is 16.4 Å². The van der Waals surface area contributed by atoms with Crippen molar-refractivity contribution < 1.29 is 30.7 Å². The van der Waals surface area contributed by atoms with Gasteiger partial charge in [0, 0.05) is 40.8 Å². The Morgan fingerprint density at radius 1 is 1.25 bits per heavy atom. The van der Waals surface area contributed by atoms with Gasteiger partial charge in [0.1, 0.15) is 4.90 Å². The Kier molecular flexibility index (Phi) is 5.40. The number of methoxy groups -OCH3 is 1. The summed E-state index contributed by atoms with van der Waals surface area (Å²) in [6, 6.07) is 3.53. The second-order valence-corrected chi connectivity index (χ2v) is 7.34. The summed E-state index contributed by atoms with van der Waals surface area (Å²) in [6.45, 7) is 0. The highest BCUT2D eigenvalue weighted by molar-refractivity contribution is 7.93. The van der Waals surface area contributed by atoms with Gasteiger partial charge in [0.05, 0.1) is 7.11 Å². The summed E-state index contributed by atoms with van der Waals surface area (Å²) >= 11 is 0. The van der Waals surface area contributed by atoms with Gasteiger partial charge < -0.3 is 9.72 Å². The van der Waals surface area contributed by atoms with E-state index in [4.69, 9.17) is 4.74 Å². The molecule has 0 saturated carbocycles. The maximum Gasteiger partial charge on any atom is 0.266 e. The van der Waals surface area contributed by atoms with Crippen LogP contribution >= 0.6 is 0 Å². The van der Waals surface area contributed by atoms with Crippen LogP contribution in [0, 0.1) is 0 Å². The smallest absolute Gasteiger partial charge is 0.266 e. The highest BCUT2D eigenvalue weighted by Crippen LogP contribution is 2.29. The molecule has 0 aliphatic rings. The number of nitrogens with one attached hydrogen (secondary N) is 2. The molecule has 0 aliphatic carbocycles.